The highest BCUT2D eigenvalue weighted by Crippen LogP contribution is 2.32. The van der Waals surface area contributed by atoms with E-state index in [0.717, 1.165) is 40.0 Å². The van der Waals surface area contributed by atoms with Gasteiger partial charge in [0.15, 0.2) is 0 Å². The molecule has 0 bridgehead atoms. The molecule has 1 aliphatic rings. The van der Waals surface area contributed by atoms with Gasteiger partial charge in [0.1, 0.15) is 6.10 Å². The van der Waals surface area contributed by atoms with E-state index in [2.05, 4.69) is 37.5 Å². The molecule has 1 atom stereocenters. The first kappa shape index (κ1) is 22.6. The van der Waals surface area contributed by atoms with Crippen LogP contribution < -0.4 is 16.0 Å². The molecule has 1 fully saturated rings. The fraction of sp³-hybridized carbons (Fsp3) is 0.192. The van der Waals surface area contributed by atoms with Crippen molar-refractivity contribution in [3.05, 3.63) is 78.9 Å². The van der Waals surface area contributed by atoms with Gasteiger partial charge in [-0.3, -0.25) is 14.8 Å². The first-order valence-electron chi connectivity index (χ1n) is 11.3. The first-order valence-corrected chi connectivity index (χ1v) is 11.3. The summed E-state index contributed by atoms with van der Waals surface area (Å²) in [5, 5.41) is 10.3. The average Bonchev–Trinajstić information content (AvgIpc) is 2.89. The number of hydrogen-bond donors (Lipinski definition) is 3. The topological polar surface area (TPSA) is 114 Å². The number of nitrogens with zero attached hydrogens (tertiary/aromatic N) is 4. The first-order chi connectivity index (χ1) is 17.1. The standard InChI is InChI=1S/C26H25N7O2/c1-3-22(34)31-18-8-10-28-20(13-18)23-16(2)6-7-17-14-30-26(33-24(17)23)32-19-5-4-9-29-25(19)21-15-27-11-12-35-21/h3-10,13-14,21,27H,1,11-12,15H2,2H3,(H,28,31,34)(H,30,32,33). The Bertz CT molecular complexity index is 1400. The largest absolute Gasteiger partial charge is 0.369 e. The predicted octanol–water partition coefficient (Wildman–Crippen LogP) is 3.92. The zero-order valence-corrected chi connectivity index (χ0v) is 19.3. The molecular weight excluding hydrogens is 442 g/mol. The van der Waals surface area contributed by atoms with Gasteiger partial charge in [-0.25, -0.2) is 9.97 Å². The normalized spacial score (nSPS) is 15.5. The zero-order valence-electron chi connectivity index (χ0n) is 19.3. The fourth-order valence-electron chi connectivity index (χ4n) is 4.06. The Kier molecular flexibility index (Phi) is 6.42. The molecule has 0 radical (unpaired) electrons. The minimum atomic E-state index is -0.282. The van der Waals surface area contributed by atoms with Crippen molar-refractivity contribution in [2.45, 2.75) is 13.0 Å². The van der Waals surface area contributed by atoms with Crippen LogP contribution in [0.4, 0.5) is 17.3 Å². The van der Waals surface area contributed by atoms with Crippen LogP contribution in [0.5, 0.6) is 0 Å². The number of carbonyl (C=O) groups excluding carboxylic acids is 1. The van der Waals surface area contributed by atoms with Gasteiger partial charge in [0.25, 0.3) is 0 Å². The zero-order chi connectivity index (χ0) is 24.2. The summed E-state index contributed by atoms with van der Waals surface area (Å²) in [4.78, 5) is 30.2. The summed E-state index contributed by atoms with van der Waals surface area (Å²) in [5.41, 5.74) is 5.55. The van der Waals surface area contributed by atoms with E-state index >= 15 is 0 Å². The van der Waals surface area contributed by atoms with Gasteiger partial charge in [0.05, 0.1) is 29.2 Å². The van der Waals surface area contributed by atoms with Crippen molar-refractivity contribution in [1.29, 1.82) is 0 Å². The molecule has 1 unspecified atom stereocenters. The molecule has 4 heterocycles. The van der Waals surface area contributed by atoms with E-state index in [1.54, 1.807) is 24.7 Å². The second-order valence-electron chi connectivity index (χ2n) is 8.14. The number of benzene rings is 1. The van der Waals surface area contributed by atoms with Gasteiger partial charge >= 0.3 is 0 Å². The number of amides is 1. The number of morpholine rings is 1. The molecule has 3 aromatic heterocycles. The third-order valence-corrected chi connectivity index (χ3v) is 5.75. The van der Waals surface area contributed by atoms with Crippen LogP contribution in [0.15, 0.2) is 67.6 Å². The molecule has 1 aliphatic heterocycles. The van der Waals surface area contributed by atoms with E-state index in [1.807, 2.05) is 37.3 Å². The summed E-state index contributed by atoms with van der Waals surface area (Å²) in [6, 6.07) is 11.4. The summed E-state index contributed by atoms with van der Waals surface area (Å²) >= 11 is 0. The van der Waals surface area contributed by atoms with Gasteiger partial charge in [-0.2, -0.15) is 0 Å². The molecule has 1 aromatic carbocycles. The molecule has 35 heavy (non-hydrogen) atoms. The van der Waals surface area contributed by atoms with Crippen molar-refractivity contribution < 1.29 is 9.53 Å². The molecule has 4 aromatic rings. The highest BCUT2D eigenvalue weighted by Gasteiger charge is 2.21. The minimum Gasteiger partial charge on any atom is -0.369 e. The monoisotopic (exact) mass is 467 g/mol. The number of ether oxygens (including phenoxy) is 1. The lowest BCUT2D eigenvalue weighted by atomic mass is 10.0. The Morgan fingerprint density at radius 1 is 1.20 bits per heavy atom. The maximum atomic E-state index is 11.8. The van der Waals surface area contributed by atoms with E-state index in [4.69, 9.17) is 9.72 Å². The molecular formula is C26H25N7O2. The molecule has 176 valence electrons. The Morgan fingerprint density at radius 3 is 2.94 bits per heavy atom. The Morgan fingerprint density at radius 2 is 2.11 bits per heavy atom. The lowest BCUT2D eigenvalue weighted by molar-refractivity contribution is -0.111. The Hall–Kier alpha value is -4.21. The predicted molar refractivity (Wildman–Crippen MR) is 135 cm³/mol. The van der Waals surface area contributed by atoms with Gasteiger partial charge in [0, 0.05) is 48.3 Å². The summed E-state index contributed by atoms with van der Waals surface area (Å²) < 4.78 is 5.90. The summed E-state index contributed by atoms with van der Waals surface area (Å²) in [5.74, 6) is 0.161. The maximum absolute atomic E-state index is 11.8. The maximum Gasteiger partial charge on any atom is 0.247 e. The van der Waals surface area contributed by atoms with Crippen molar-refractivity contribution in [2.24, 2.45) is 0 Å². The highest BCUT2D eigenvalue weighted by molar-refractivity contribution is 6.00. The SMILES string of the molecule is C=CC(=O)Nc1ccnc(-c2c(C)ccc3cnc(Nc4cccnc4C4CNCCO4)nc23)c1. The summed E-state index contributed by atoms with van der Waals surface area (Å²) in [6.45, 7) is 7.67. The van der Waals surface area contributed by atoms with Crippen molar-refractivity contribution in [1.82, 2.24) is 25.3 Å². The van der Waals surface area contributed by atoms with Crippen molar-refractivity contribution in [2.75, 3.05) is 30.3 Å². The second-order valence-corrected chi connectivity index (χ2v) is 8.14. The van der Waals surface area contributed by atoms with Crippen LogP contribution in [0.2, 0.25) is 0 Å². The highest BCUT2D eigenvalue weighted by atomic mass is 16.5. The van der Waals surface area contributed by atoms with Gasteiger partial charge in [-0.1, -0.05) is 18.7 Å². The van der Waals surface area contributed by atoms with E-state index < -0.39 is 0 Å². The number of pyridine rings is 2. The summed E-state index contributed by atoms with van der Waals surface area (Å²) in [7, 11) is 0. The number of rotatable bonds is 6. The van der Waals surface area contributed by atoms with Gasteiger partial charge < -0.3 is 20.7 Å². The van der Waals surface area contributed by atoms with Crippen molar-refractivity contribution in [3.8, 4) is 11.3 Å². The molecule has 0 spiro atoms. The molecule has 1 amide bonds. The Labute approximate surface area is 202 Å². The van der Waals surface area contributed by atoms with E-state index in [1.165, 1.54) is 6.08 Å². The number of nitrogens with one attached hydrogen (secondary N) is 3. The van der Waals surface area contributed by atoms with Crippen LogP contribution in [0.1, 0.15) is 17.4 Å². The van der Waals surface area contributed by atoms with Crippen LogP contribution in [-0.4, -0.2) is 45.5 Å². The second kappa shape index (κ2) is 9.96. The minimum absolute atomic E-state index is 0.150. The smallest absolute Gasteiger partial charge is 0.247 e. The summed E-state index contributed by atoms with van der Waals surface area (Å²) in [6.07, 6.45) is 6.28. The van der Waals surface area contributed by atoms with Crippen molar-refractivity contribution in [3.63, 3.8) is 0 Å². The van der Waals surface area contributed by atoms with Crippen LogP contribution in [0, 0.1) is 6.92 Å². The number of hydrogen-bond acceptors (Lipinski definition) is 8. The third kappa shape index (κ3) is 4.86. The molecule has 0 aliphatic carbocycles. The number of fused-ring (bicyclic) bond motifs is 1. The number of anilines is 3. The lowest BCUT2D eigenvalue weighted by Crippen LogP contribution is -2.34. The van der Waals surface area contributed by atoms with Gasteiger partial charge in [-0.05, 0) is 42.8 Å². The molecule has 5 rings (SSSR count). The average molecular weight is 468 g/mol. The number of aryl methyl sites for hydroxylation is 1. The van der Waals surface area contributed by atoms with E-state index in [-0.39, 0.29) is 12.0 Å². The number of aromatic nitrogens is 4. The van der Waals surface area contributed by atoms with E-state index in [9.17, 15) is 4.79 Å². The number of carbonyl (C=O) groups is 1. The molecule has 3 N–H and O–H groups in total. The lowest BCUT2D eigenvalue weighted by Gasteiger charge is -2.24. The quantitative estimate of drug-likeness (QED) is 0.366. The molecule has 9 nitrogen and oxygen atoms in total. The van der Waals surface area contributed by atoms with Crippen molar-refractivity contribution >= 4 is 34.1 Å². The van der Waals surface area contributed by atoms with Crippen LogP contribution in [-0.2, 0) is 9.53 Å². The van der Waals surface area contributed by atoms with Crippen LogP contribution in [0.25, 0.3) is 22.2 Å². The van der Waals surface area contributed by atoms with Gasteiger partial charge in [0.2, 0.25) is 11.9 Å². The Balaban J connectivity index is 1.53. The third-order valence-electron chi connectivity index (χ3n) is 5.75. The molecule has 0 saturated carbocycles. The van der Waals surface area contributed by atoms with Crippen LogP contribution >= 0.6 is 0 Å². The van der Waals surface area contributed by atoms with E-state index in [0.29, 0.717) is 30.5 Å². The molecule has 1 saturated heterocycles. The van der Waals surface area contributed by atoms with Crippen LogP contribution in [0.3, 0.4) is 0 Å². The fourth-order valence-corrected chi connectivity index (χ4v) is 4.06. The van der Waals surface area contributed by atoms with Gasteiger partial charge in [-0.15, -0.1) is 0 Å². The molecule has 9 heteroatoms.